The molecule has 1 atom stereocenters. The van der Waals surface area contributed by atoms with Gasteiger partial charge in [0.05, 0.1) is 12.3 Å². The standard InChI is InChI=1S/C14H23NO2/c1-12(13-6-5-9-17-13)15-10-14(11-16)7-3-2-4-8-14/h5-6,9,12,15-16H,2-4,7-8,10-11H2,1H3/t12-/m0/s1. The van der Waals surface area contributed by atoms with Crippen molar-refractivity contribution in [2.45, 2.75) is 45.1 Å². The summed E-state index contributed by atoms with van der Waals surface area (Å²) in [5.74, 6) is 0.967. The molecule has 0 saturated heterocycles. The van der Waals surface area contributed by atoms with Crippen molar-refractivity contribution in [3.8, 4) is 0 Å². The molecule has 2 rings (SSSR count). The van der Waals surface area contributed by atoms with E-state index in [4.69, 9.17) is 4.42 Å². The molecule has 1 fully saturated rings. The average molecular weight is 237 g/mol. The number of furan rings is 1. The van der Waals surface area contributed by atoms with Crippen molar-refractivity contribution in [2.75, 3.05) is 13.2 Å². The maximum absolute atomic E-state index is 9.62. The first-order valence-corrected chi connectivity index (χ1v) is 6.63. The molecule has 1 aliphatic carbocycles. The smallest absolute Gasteiger partial charge is 0.120 e. The third-order valence-electron chi connectivity index (χ3n) is 4.00. The summed E-state index contributed by atoms with van der Waals surface area (Å²) in [6.45, 7) is 3.28. The van der Waals surface area contributed by atoms with E-state index in [0.29, 0.717) is 6.61 Å². The van der Waals surface area contributed by atoms with E-state index in [0.717, 1.165) is 25.1 Å². The Morgan fingerprint density at radius 2 is 2.18 bits per heavy atom. The average Bonchev–Trinajstić information content (AvgIpc) is 2.91. The van der Waals surface area contributed by atoms with E-state index >= 15 is 0 Å². The molecular weight excluding hydrogens is 214 g/mol. The number of nitrogens with one attached hydrogen (secondary N) is 1. The molecule has 3 nitrogen and oxygen atoms in total. The van der Waals surface area contributed by atoms with Crippen LogP contribution in [0.4, 0.5) is 0 Å². The van der Waals surface area contributed by atoms with Crippen molar-refractivity contribution in [3.63, 3.8) is 0 Å². The molecular formula is C14H23NO2. The highest BCUT2D eigenvalue weighted by Gasteiger charge is 2.31. The second-order valence-electron chi connectivity index (χ2n) is 5.34. The molecule has 1 saturated carbocycles. The van der Waals surface area contributed by atoms with Crippen LogP contribution in [0.25, 0.3) is 0 Å². The molecule has 3 heteroatoms. The molecule has 0 amide bonds. The van der Waals surface area contributed by atoms with Gasteiger partial charge in [-0.2, -0.15) is 0 Å². The molecule has 1 heterocycles. The normalized spacial score (nSPS) is 21.3. The van der Waals surface area contributed by atoms with Crippen molar-refractivity contribution >= 4 is 0 Å². The Morgan fingerprint density at radius 1 is 1.41 bits per heavy atom. The minimum atomic E-state index is 0.0963. The van der Waals surface area contributed by atoms with E-state index in [1.54, 1.807) is 6.26 Å². The third-order valence-corrected chi connectivity index (χ3v) is 4.00. The number of rotatable bonds is 5. The summed E-state index contributed by atoms with van der Waals surface area (Å²) < 4.78 is 5.38. The van der Waals surface area contributed by atoms with Crippen LogP contribution in [0.3, 0.4) is 0 Å². The number of aliphatic hydroxyl groups excluding tert-OH is 1. The summed E-state index contributed by atoms with van der Waals surface area (Å²) in [7, 11) is 0. The Morgan fingerprint density at radius 3 is 2.76 bits per heavy atom. The maximum Gasteiger partial charge on any atom is 0.120 e. The first-order chi connectivity index (χ1) is 8.26. The van der Waals surface area contributed by atoms with Crippen LogP contribution >= 0.6 is 0 Å². The summed E-state index contributed by atoms with van der Waals surface area (Å²) in [5, 5.41) is 13.1. The van der Waals surface area contributed by atoms with Crippen LogP contribution in [0.1, 0.15) is 50.8 Å². The minimum absolute atomic E-state index is 0.0963. The van der Waals surface area contributed by atoms with Gasteiger partial charge in [-0.3, -0.25) is 0 Å². The Hall–Kier alpha value is -0.800. The van der Waals surface area contributed by atoms with Crippen molar-refractivity contribution < 1.29 is 9.52 Å². The van der Waals surface area contributed by atoms with Gasteiger partial charge in [-0.1, -0.05) is 19.3 Å². The lowest BCUT2D eigenvalue weighted by Gasteiger charge is -2.36. The zero-order valence-corrected chi connectivity index (χ0v) is 10.6. The second kappa shape index (κ2) is 5.69. The van der Waals surface area contributed by atoms with Crippen LogP contribution in [-0.2, 0) is 0 Å². The molecule has 1 aromatic rings. The van der Waals surface area contributed by atoms with Gasteiger partial charge in [-0.25, -0.2) is 0 Å². The zero-order chi connectivity index (χ0) is 12.1. The summed E-state index contributed by atoms with van der Waals surface area (Å²) in [6.07, 6.45) is 7.79. The molecule has 1 aromatic heterocycles. The Balaban J connectivity index is 1.87. The van der Waals surface area contributed by atoms with Crippen molar-refractivity contribution in [1.29, 1.82) is 0 Å². The van der Waals surface area contributed by atoms with Gasteiger partial charge in [0.2, 0.25) is 0 Å². The van der Waals surface area contributed by atoms with Crippen LogP contribution in [0.15, 0.2) is 22.8 Å². The molecule has 0 unspecified atom stereocenters. The summed E-state index contributed by atoms with van der Waals surface area (Å²) in [4.78, 5) is 0. The lowest BCUT2D eigenvalue weighted by atomic mass is 9.74. The van der Waals surface area contributed by atoms with Gasteiger partial charge >= 0.3 is 0 Å². The van der Waals surface area contributed by atoms with E-state index in [-0.39, 0.29) is 11.5 Å². The lowest BCUT2D eigenvalue weighted by Crippen LogP contribution is -2.39. The molecule has 1 aliphatic rings. The predicted octanol–water partition coefficient (Wildman–Crippen LogP) is 2.87. The zero-order valence-electron chi connectivity index (χ0n) is 10.6. The molecule has 0 aliphatic heterocycles. The highest BCUT2D eigenvalue weighted by Crippen LogP contribution is 2.35. The van der Waals surface area contributed by atoms with Gasteiger partial charge in [0.1, 0.15) is 5.76 Å². The van der Waals surface area contributed by atoms with E-state index in [9.17, 15) is 5.11 Å². The highest BCUT2D eigenvalue weighted by molar-refractivity contribution is 5.03. The SMILES string of the molecule is C[C@H](NCC1(CO)CCCCC1)c1ccco1. The van der Waals surface area contributed by atoms with Gasteiger partial charge in [-0.15, -0.1) is 0 Å². The number of aliphatic hydroxyl groups is 1. The predicted molar refractivity (Wildman–Crippen MR) is 67.7 cm³/mol. The van der Waals surface area contributed by atoms with Crippen molar-refractivity contribution in [3.05, 3.63) is 24.2 Å². The quantitative estimate of drug-likeness (QED) is 0.827. The fraction of sp³-hybridized carbons (Fsp3) is 0.714. The maximum atomic E-state index is 9.62. The third kappa shape index (κ3) is 3.11. The van der Waals surface area contributed by atoms with E-state index in [2.05, 4.69) is 12.2 Å². The van der Waals surface area contributed by atoms with Gasteiger partial charge < -0.3 is 14.8 Å². The van der Waals surface area contributed by atoms with Crippen LogP contribution in [0.2, 0.25) is 0 Å². The second-order valence-corrected chi connectivity index (χ2v) is 5.34. The monoisotopic (exact) mass is 237 g/mol. The molecule has 17 heavy (non-hydrogen) atoms. The number of hydrogen-bond acceptors (Lipinski definition) is 3. The molecule has 0 aromatic carbocycles. The van der Waals surface area contributed by atoms with Gasteiger partial charge in [0, 0.05) is 18.6 Å². The first-order valence-electron chi connectivity index (χ1n) is 6.63. The molecule has 0 radical (unpaired) electrons. The number of hydrogen-bond donors (Lipinski definition) is 2. The Labute approximate surface area is 103 Å². The molecule has 96 valence electrons. The van der Waals surface area contributed by atoms with Gasteiger partial charge in [-0.05, 0) is 31.9 Å². The largest absolute Gasteiger partial charge is 0.468 e. The molecule has 0 bridgehead atoms. The molecule has 2 N–H and O–H groups in total. The van der Waals surface area contributed by atoms with Gasteiger partial charge in [0.25, 0.3) is 0 Å². The molecule has 0 spiro atoms. The van der Waals surface area contributed by atoms with Crippen molar-refractivity contribution in [1.82, 2.24) is 5.32 Å². The van der Waals surface area contributed by atoms with E-state index < -0.39 is 0 Å². The van der Waals surface area contributed by atoms with Crippen molar-refractivity contribution in [2.24, 2.45) is 5.41 Å². The van der Waals surface area contributed by atoms with Crippen LogP contribution in [0.5, 0.6) is 0 Å². The summed E-state index contributed by atoms with van der Waals surface area (Å²) in [6, 6.07) is 4.12. The van der Waals surface area contributed by atoms with E-state index in [1.807, 2.05) is 12.1 Å². The fourth-order valence-corrected chi connectivity index (χ4v) is 2.70. The lowest BCUT2D eigenvalue weighted by molar-refractivity contribution is 0.0781. The minimum Gasteiger partial charge on any atom is -0.468 e. The highest BCUT2D eigenvalue weighted by atomic mass is 16.3. The first kappa shape index (κ1) is 12.7. The summed E-state index contributed by atoms with van der Waals surface area (Å²) >= 11 is 0. The van der Waals surface area contributed by atoms with E-state index in [1.165, 1.54) is 19.3 Å². The Kier molecular flexibility index (Phi) is 4.24. The van der Waals surface area contributed by atoms with Crippen LogP contribution in [-0.4, -0.2) is 18.3 Å². The summed E-state index contributed by atoms with van der Waals surface area (Å²) in [5.41, 5.74) is 0.0963. The van der Waals surface area contributed by atoms with Crippen LogP contribution < -0.4 is 5.32 Å². The topological polar surface area (TPSA) is 45.4 Å². The van der Waals surface area contributed by atoms with Gasteiger partial charge in [0.15, 0.2) is 0 Å². The van der Waals surface area contributed by atoms with Crippen LogP contribution in [0, 0.1) is 5.41 Å². The fourth-order valence-electron chi connectivity index (χ4n) is 2.70. The Bertz CT molecular complexity index is 315.